The smallest absolute Gasteiger partial charge is 0.150 e. The molecular formula is C5H13BrN2S. The molecule has 0 saturated carbocycles. The molecule has 0 aliphatic carbocycles. The quantitative estimate of drug-likeness (QED) is 0.284. The number of thiol groups is 1. The van der Waals surface area contributed by atoms with Crippen molar-refractivity contribution in [3.8, 4) is 0 Å². The van der Waals surface area contributed by atoms with E-state index in [1.807, 2.05) is 0 Å². The maximum atomic E-state index is 6.83. The van der Waals surface area contributed by atoms with Crippen molar-refractivity contribution in [2.75, 3.05) is 6.54 Å². The second-order valence-corrected chi connectivity index (χ2v) is 2.08. The Kier molecular flexibility index (Phi) is 11.1. The van der Waals surface area contributed by atoms with E-state index in [-0.39, 0.29) is 22.1 Å². The summed E-state index contributed by atoms with van der Waals surface area (Å²) in [6.07, 6.45) is 2.27. The lowest BCUT2D eigenvalue weighted by Gasteiger charge is -1.98. The zero-order valence-corrected chi connectivity index (χ0v) is 8.08. The maximum Gasteiger partial charge on any atom is 0.150 e. The van der Waals surface area contributed by atoms with Crippen LogP contribution in [0.3, 0.4) is 0 Å². The molecule has 0 fully saturated rings. The summed E-state index contributed by atoms with van der Waals surface area (Å²) < 4.78 is 0. The fraction of sp³-hybridized carbons (Fsp3) is 0.800. The number of hydrogen-bond donors (Lipinski definition) is 3. The van der Waals surface area contributed by atoms with Crippen LogP contribution in [0.15, 0.2) is 0 Å². The first kappa shape index (κ1) is 12.0. The van der Waals surface area contributed by atoms with Crippen LogP contribution in [0.4, 0.5) is 0 Å². The lowest BCUT2D eigenvalue weighted by molar-refractivity contribution is 0.758. The summed E-state index contributed by atoms with van der Waals surface area (Å²) in [5, 5.41) is 9.88. The van der Waals surface area contributed by atoms with Crippen molar-refractivity contribution in [1.29, 1.82) is 5.41 Å². The van der Waals surface area contributed by atoms with Crippen molar-refractivity contribution < 1.29 is 0 Å². The average molecular weight is 213 g/mol. The number of amidine groups is 1. The van der Waals surface area contributed by atoms with Gasteiger partial charge in [0, 0.05) is 6.54 Å². The van der Waals surface area contributed by atoms with Gasteiger partial charge in [-0.15, -0.1) is 29.6 Å². The Labute approximate surface area is 72.1 Å². The van der Waals surface area contributed by atoms with Crippen LogP contribution in [0, 0.1) is 5.41 Å². The van der Waals surface area contributed by atoms with Gasteiger partial charge in [0.25, 0.3) is 0 Å². The first-order valence-corrected chi connectivity index (χ1v) is 3.23. The summed E-state index contributed by atoms with van der Waals surface area (Å²) in [6, 6.07) is 0. The van der Waals surface area contributed by atoms with Crippen molar-refractivity contribution in [3.63, 3.8) is 0 Å². The fourth-order valence-electron chi connectivity index (χ4n) is 0.384. The number of nitrogens with one attached hydrogen (secondary N) is 2. The fourth-order valence-corrected chi connectivity index (χ4v) is 0.495. The molecule has 0 saturated heterocycles. The molecule has 0 aliphatic heterocycles. The molecular weight excluding hydrogens is 200 g/mol. The molecule has 2 nitrogen and oxygen atoms in total. The van der Waals surface area contributed by atoms with Gasteiger partial charge in [-0.2, -0.15) is 0 Å². The number of rotatable bonds is 3. The topological polar surface area (TPSA) is 35.9 Å². The van der Waals surface area contributed by atoms with E-state index in [4.69, 9.17) is 5.41 Å². The summed E-state index contributed by atoms with van der Waals surface area (Å²) >= 11 is 3.74. The monoisotopic (exact) mass is 212 g/mol. The van der Waals surface area contributed by atoms with Crippen molar-refractivity contribution in [3.05, 3.63) is 0 Å². The first-order chi connectivity index (χ1) is 3.77. The lowest BCUT2D eigenvalue weighted by atomic mass is 10.3. The van der Waals surface area contributed by atoms with Gasteiger partial charge in [-0.05, 0) is 6.42 Å². The van der Waals surface area contributed by atoms with Crippen LogP contribution in [-0.2, 0) is 0 Å². The van der Waals surface area contributed by atoms with Gasteiger partial charge in [0.2, 0.25) is 0 Å². The molecule has 0 bridgehead atoms. The van der Waals surface area contributed by atoms with Gasteiger partial charge in [0.05, 0.1) is 0 Å². The maximum absolute atomic E-state index is 6.83. The molecule has 4 heteroatoms. The van der Waals surface area contributed by atoms with E-state index < -0.39 is 0 Å². The van der Waals surface area contributed by atoms with Crippen LogP contribution >= 0.6 is 29.6 Å². The molecule has 0 aliphatic rings. The Morgan fingerprint density at radius 1 is 1.67 bits per heavy atom. The van der Waals surface area contributed by atoms with E-state index in [0.29, 0.717) is 0 Å². The zero-order chi connectivity index (χ0) is 6.41. The van der Waals surface area contributed by atoms with Crippen LogP contribution in [0.2, 0.25) is 0 Å². The molecule has 0 aromatic rings. The van der Waals surface area contributed by atoms with E-state index in [1.54, 1.807) is 0 Å². The largest absolute Gasteiger partial charge is 0.365 e. The van der Waals surface area contributed by atoms with Crippen LogP contribution in [-0.4, -0.2) is 11.7 Å². The summed E-state index contributed by atoms with van der Waals surface area (Å²) in [7, 11) is 0. The molecule has 0 heterocycles. The van der Waals surface area contributed by atoms with E-state index in [9.17, 15) is 0 Å². The molecule has 0 spiro atoms. The molecule has 0 unspecified atom stereocenters. The van der Waals surface area contributed by atoms with E-state index in [1.165, 1.54) is 0 Å². The third-order valence-electron chi connectivity index (χ3n) is 0.823. The van der Waals surface area contributed by atoms with Gasteiger partial charge in [0.1, 0.15) is 0 Å². The van der Waals surface area contributed by atoms with Gasteiger partial charge in [-0.25, -0.2) is 0 Å². The Hall–Kier alpha value is 0.300. The zero-order valence-electron chi connectivity index (χ0n) is 5.48. The Morgan fingerprint density at radius 3 is 2.56 bits per heavy atom. The Morgan fingerprint density at radius 2 is 2.22 bits per heavy atom. The highest BCUT2D eigenvalue weighted by Gasteiger charge is 1.83. The van der Waals surface area contributed by atoms with Crippen molar-refractivity contribution in [2.45, 2.75) is 19.8 Å². The van der Waals surface area contributed by atoms with Crippen LogP contribution in [0.1, 0.15) is 19.8 Å². The first-order valence-electron chi connectivity index (χ1n) is 2.78. The van der Waals surface area contributed by atoms with Gasteiger partial charge in [-0.1, -0.05) is 13.3 Å². The highest BCUT2D eigenvalue weighted by Crippen LogP contribution is 1.82. The Balaban J connectivity index is 0. The number of unbranched alkanes of at least 4 members (excludes halogenated alkanes) is 1. The lowest BCUT2D eigenvalue weighted by Crippen LogP contribution is -2.17. The van der Waals surface area contributed by atoms with Gasteiger partial charge >= 0.3 is 0 Å². The summed E-state index contributed by atoms with van der Waals surface area (Å²) in [5.74, 6) is 0. The van der Waals surface area contributed by atoms with Gasteiger partial charge < -0.3 is 5.32 Å². The summed E-state index contributed by atoms with van der Waals surface area (Å²) in [6.45, 7) is 2.99. The van der Waals surface area contributed by atoms with Crippen molar-refractivity contribution in [2.24, 2.45) is 0 Å². The van der Waals surface area contributed by atoms with Crippen molar-refractivity contribution in [1.82, 2.24) is 5.32 Å². The second kappa shape index (κ2) is 8.30. The molecule has 9 heavy (non-hydrogen) atoms. The SMILES string of the molecule is Br.CCCCNC(=N)S. The van der Waals surface area contributed by atoms with E-state index >= 15 is 0 Å². The molecule has 56 valence electrons. The van der Waals surface area contributed by atoms with Gasteiger partial charge in [-0.3, -0.25) is 5.41 Å². The summed E-state index contributed by atoms with van der Waals surface area (Å²) in [5.41, 5.74) is 0. The van der Waals surface area contributed by atoms with E-state index in [2.05, 4.69) is 24.9 Å². The predicted octanol–water partition coefficient (Wildman–Crippen LogP) is 1.82. The highest BCUT2D eigenvalue weighted by molar-refractivity contribution is 8.93. The standard InChI is InChI=1S/C5H12N2S.BrH/c1-2-3-4-7-5(6)8;/h2-4H2,1H3,(H3,6,7,8);1H. The minimum atomic E-state index is 0. The molecule has 0 aromatic heterocycles. The molecule has 0 rings (SSSR count). The highest BCUT2D eigenvalue weighted by atomic mass is 79.9. The minimum absolute atomic E-state index is 0. The van der Waals surface area contributed by atoms with Gasteiger partial charge in [0.15, 0.2) is 5.17 Å². The van der Waals surface area contributed by atoms with Crippen LogP contribution in [0.5, 0.6) is 0 Å². The Bertz CT molecular complexity index is 77.4. The minimum Gasteiger partial charge on any atom is -0.365 e. The average Bonchev–Trinajstić information content (AvgIpc) is 1.66. The molecule has 0 aromatic carbocycles. The van der Waals surface area contributed by atoms with E-state index in [0.717, 1.165) is 19.4 Å². The number of halogens is 1. The van der Waals surface area contributed by atoms with Crippen LogP contribution < -0.4 is 5.32 Å². The third-order valence-corrected chi connectivity index (χ3v) is 0.981. The summed E-state index contributed by atoms with van der Waals surface area (Å²) in [4.78, 5) is 0. The second-order valence-electron chi connectivity index (χ2n) is 1.63. The third kappa shape index (κ3) is 11.7. The predicted molar refractivity (Wildman–Crippen MR) is 49.9 cm³/mol. The molecule has 2 N–H and O–H groups in total. The molecule has 0 amide bonds. The normalized spacial score (nSPS) is 7.78. The number of hydrogen-bond acceptors (Lipinski definition) is 1. The molecule has 0 radical (unpaired) electrons. The molecule has 0 atom stereocenters. The van der Waals surface area contributed by atoms with Crippen LogP contribution in [0.25, 0.3) is 0 Å². The van der Waals surface area contributed by atoms with Crippen molar-refractivity contribution >= 4 is 34.8 Å².